The maximum Gasteiger partial charge on any atom is 0.00103 e. The molecule has 0 spiro atoms. The largest absolute Gasteiger partial charge is 0.303 e. The molecular formula is C13H27N. The van der Waals surface area contributed by atoms with Gasteiger partial charge in [0.15, 0.2) is 0 Å². The topological polar surface area (TPSA) is 3.24 Å². The Morgan fingerprint density at radius 2 is 2.00 bits per heavy atom. The van der Waals surface area contributed by atoms with Crippen LogP contribution in [0.2, 0.25) is 0 Å². The van der Waals surface area contributed by atoms with Crippen LogP contribution in [0.5, 0.6) is 0 Å². The van der Waals surface area contributed by atoms with Crippen LogP contribution in [0, 0.1) is 11.3 Å². The van der Waals surface area contributed by atoms with Crippen molar-refractivity contribution in [1.29, 1.82) is 0 Å². The van der Waals surface area contributed by atoms with Crippen molar-refractivity contribution in [3.8, 4) is 0 Å². The molecule has 0 N–H and O–H groups in total. The van der Waals surface area contributed by atoms with Gasteiger partial charge in [-0.25, -0.2) is 0 Å². The molecule has 1 unspecified atom stereocenters. The highest BCUT2D eigenvalue weighted by Crippen LogP contribution is 2.30. The number of hydrogen-bond acceptors (Lipinski definition) is 1. The van der Waals surface area contributed by atoms with Crippen LogP contribution in [0.15, 0.2) is 0 Å². The van der Waals surface area contributed by atoms with Gasteiger partial charge >= 0.3 is 0 Å². The Morgan fingerprint density at radius 1 is 1.29 bits per heavy atom. The minimum absolute atomic E-state index is 0.519. The van der Waals surface area contributed by atoms with Gasteiger partial charge in [-0.15, -0.1) is 0 Å². The molecule has 1 aliphatic rings. The van der Waals surface area contributed by atoms with Gasteiger partial charge in [0, 0.05) is 6.54 Å². The minimum Gasteiger partial charge on any atom is -0.303 e. The lowest BCUT2D eigenvalue weighted by molar-refractivity contribution is 0.271. The first-order valence-corrected chi connectivity index (χ1v) is 6.23. The fourth-order valence-electron chi connectivity index (χ4n) is 2.53. The van der Waals surface area contributed by atoms with Crippen LogP contribution in [0.25, 0.3) is 0 Å². The monoisotopic (exact) mass is 197 g/mol. The molecule has 14 heavy (non-hydrogen) atoms. The van der Waals surface area contributed by atoms with E-state index in [0.29, 0.717) is 5.41 Å². The van der Waals surface area contributed by atoms with E-state index in [1.165, 1.54) is 45.3 Å². The molecule has 0 aliphatic carbocycles. The van der Waals surface area contributed by atoms with Crippen LogP contribution < -0.4 is 0 Å². The normalized spacial score (nSPS) is 24.4. The van der Waals surface area contributed by atoms with Crippen LogP contribution in [-0.4, -0.2) is 24.5 Å². The fraction of sp³-hybridized carbons (Fsp3) is 1.00. The maximum absolute atomic E-state index is 2.65. The van der Waals surface area contributed by atoms with E-state index < -0.39 is 0 Å². The van der Waals surface area contributed by atoms with Gasteiger partial charge in [0.2, 0.25) is 0 Å². The van der Waals surface area contributed by atoms with Gasteiger partial charge in [0.05, 0.1) is 0 Å². The predicted molar refractivity (Wildman–Crippen MR) is 63.5 cm³/mol. The van der Waals surface area contributed by atoms with Crippen molar-refractivity contribution in [1.82, 2.24) is 4.90 Å². The average molecular weight is 197 g/mol. The van der Waals surface area contributed by atoms with E-state index in [1.807, 2.05) is 0 Å². The third-order valence-electron chi connectivity index (χ3n) is 3.10. The van der Waals surface area contributed by atoms with Crippen molar-refractivity contribution >= 4 is 0 Å². The molecule has 1 fully saturated rings. The van der Waals surface area contributed by atoms with Gasteiger partial charge in [0.1, 0.15) is 0 Å². The van der Waals surface area contributed by atoms with E-state index in [-0.39, 0.29) is 0 Å². The predicted octanol–water partition coefficient (Wildman–Crippen LogP) is 3.54. The summed E-state index contributed by atoms with van der Waals surface area (Å²) in [6.45, 7) is 13.4. The van der Waals surface area contributed by atoms with E-state index in [0.717, 1.165) is 5.92 Å². The molecule has 0 aromatic rings. The zero-order chi connectivity index (χ0) is 10.6. The molecule has 0 aromatic heterocycles. The van der Waals surface area contributed by atoms with Crippen LogP contribution in [-0.2, 0) is 0 Å². The maximum atomic E-state index is 2.65. The number of nitrogens with zero attached hydrogens (tertiary/aromatic N) is 1. The zero-order valence-corrected chi connectivity index (χ0v) is 10.5. The van der Waals surface area contributed by atoms with Gasteiger partial charge in [-0.2, -0.15) is 0 Å². The summed E-state index contributed by atoms with van der Waals surface area (Å²) in [7, 11) is 0. The van der Waals surface area contributed by atoms with Crippen molar-refractivity contribution in [3.05, 3.63) is 0 Å². The lowest BCUT2D eigenvalue weighted by Crippen LogP contribution is -2.23. The van der Waals surface area contributed by atoms with Gasteiger partial charge in [0.25, 0.3) is 0 Å². The van der Waals surface area contributed by atoms with Crippen LogP contribution in [0.1, 0.15) is 53.4 Å². The molecular weight excluding hydrogens is 170 g/mol. The highest BCUT2D eigenvalue weighted by molar-refractivity contribution is 4.79. The zero-order valence-electron chi connectivity index (χ0n) is 10.5. The van der Waals surface area contributed by atoms with Gasteiger partial charge in [-0.3, -0.25) is 0 Å². The van der Waals surface area contributed by atoms with Crippen molar-refractivity contribution in [2.45, 2.75) is 53.4 Å². The molecule has 1 aliphatic heterocycles. The Labute approximate surface area is 89.9 Å². The molecule has 0 aromatic carbocycles. The second-order valence-corrected chi connectivity index (χ2v) is 6.07. The minimum atomic E-state index is 0.519. The highest BCUT2D eigenvalue weighted by Gasteiger charge is 2.25. The Bertz CT molecular complexity index is 157. The van der Waals surface area contributed by atoms with Crippen molar-refractivity contribution in [2.24, 2.45) is 11.3 Å². The molecule has 0 amide bonds. The molecule has 1 atom stereocenters. The molecule has 0 saturated carbocycles. The quantitative estimate of drug-likeness (QED) is 0.666. The summed E-state index contributed by atoms with van der Waals surface area (Å²) in [6, 6.07) is 0. The first-order valence-electron chi connectivity index (χ1n) is 6.23. The summed E-state index contributed by atoms with van der Waals surface area (Å²) in [6.07, 6.45) is 5.54. The summed E-state index contributed by atoms with van der Waals surface area (Å²) in [4.78, 5) is 2.65. The average Bonchev–Trinajstić information content (AvgIpc) is 2.46. The first kappa shape index (κ1) is 12.0. The standard InChI is InChI=1S/C13H27N/c1-5-6-8-14-9-7-12(11-14)10-13(2,3)4/h12H,5-11H2,1-4H3. The Morgan fingerprint density at radius 3 is 2.57 bits per heavy atom. The molecule has 1 nitrogen and oxygen atoms in total. The summed E-state index contributed by atoms with van der Waals surface area (Å²) >= 11 is 0. The molecule has 0 radical (unpaired) electrons. The smallest absolute Gasteiger partial charge is 0.00103 e. The summed E-state index contributed by atoms with van der Waals surface area (Å²) in [5.41, 5.74) is 0.519. The van der Waals surface area contributed by atoms with Gasteiger partial charge in [-0.05, 0) is 43.7 Å². The fourth-order valence-corrected chi connectivity index (χ4v) is 2.53. The molecule has 1 heteroatoms. The third kappa shape index (κ3) is 4.45. The van der Waals surface area contributed by atoms with E-state index >= 15 is 0 Å². The molecule has 1 saturated heterocycles. The van der Waals surface area contributed by atoms with Crippen LogP contribution >= 0.6 is 0 Å². The molecule has 1 rings (SSSR count). The lowest BCUT2D eigenvalue weighted by Gasteiger charge is -2.23. The number of hydrogen-bond donors (Lipinski definition) is 0. The Hall–Kier alpha value is -0.0400. The third-order valence-corrected chi connectivity index (χ3v) is 3.10. The number of likely N-dealkylation sites (tertiary alicyclic amines) is 1. The van der Waals surface area contributed by atoms with E-state index in [2.05, 4.69) is 32.6 Å². The number of rotatable bonds is 4. The van der Waals surface area contributed by atoms with Crippen molar-refractivity contribution in [2.75, 3.05) is 19.6 Å². The molecule has 84 valence electrons. The molecule has 1 heterocycles. The second-order valence-electron chi connectivity index (χ2n) is 6.07. The highest BCUT2D eigenvalue weighted by atomic mass is 15.1. The molecule has 0 bridgehead atoms. The Kier molecular flexibility index (Phi) is 4.43. The second kappa shape index (κ2) is 5.16. The van der Waals surface area contributed by atoms with E-state index in [4.69, 9.17) is 0 Å². The van der Waals surface area contributed by atoms with Crippen LogP contribution in [0.3, 0.4) is 0 Å². The van der Waals surface area contributed by atoms with E-state index in [9.17, 15) is 0 Å². The lowest BCUT2D eigenvalue weighted by atomic mass is 9.84. The summed E-state index contributed by atoms with van der Waals surface area (Å²) in [5, 5.41) is 0. The van der Waals surface area contributed by atoms with E-state index in [1.54, 1.807) is 0 Å². The summed E-state index contributed by atoms with van der Waals surface area (Å²) in [5.74, 6) is 0.965. The van der Waals surface area contributed by atoms with Gasteiger partial charge < -0.3 is 4.90 Å². The SMILES string of the molecule is CCCCN1CCC(CC(C)(C)C)C1. The van der Waals surface area contributed by atoms with Gasteiger partial charge in [-0.1, -0.05) is 34.1 Å². The van der Waals surface area contributed by atoms with Crippen LogP contribution in [0.4, 0.5) is 0 Å². The number of unbranched alkanes of at least 4 members (excludes halogenated alkanes) is 1. The Balaban J connectivity index is 2.20. The summed E-state index contributed by atoms with van der Waals surface area (Å²) < 4.78 is 0. The first-order chi connectivity index (χ1) is 6.51. The van der Waals surface area contributed by atoms with Crippen molar-refractivity contribution in [3.63, 3.8) is 0 Å². The van der Waals surface area contributed by atoms with Crippen molar-refractivity contribution < 1.29 is 0 Å².